The Labute approximate surface area is 106 Å². The predicted molar refractivity (Wildman–Crippen MR) is 70.2 cm³/mol. The molecule has 1 amide bonds. The Kier molecular flexibility index (Phi) is 4.15. The summed E-state index contributed by atoms with van der Waals surface area (Å²) >= 11 is 1.58. The average Bonchev–Trinajstić information content (AvgIpc) is 3.03. The second kappa shape index (κ2) is 5.62. The van der Waals surface area contributed by atoms with E-state index >= 15 is 0 Å². The number of nitrogens with zero attached hydrogens (tertiary/aromatic N) is 1. The third-order valence-corrected chi connectivity index (χ3v) is 3.99. The van der Waals surface area contributed by atoms with Crippen LogP contribution in [0.25, 0.3) is 0 Å². The summed E-state index contributed by atoms with van der Waals surface area (Å²) in [5.74, 6) is -0.346. The van der Waals surface area contributed by atoms with Crippen molar-refractivity contribution in [3.05, 3.63) is 21.9 Å². The molecule has 3 N–H and O–H groups in total. The highest BCUT2D eigenvalue weighted by Crippen LogP contribution is 2.24. The Morgan fingerprint density at radius 1 is 1.65 bits per heavy atom. The first kappa shape index (κ1) is 12.5. The second-order valence-electron chi connectivity index (χ2n) is 4.55. The molecular formula is C12H19N3OS. The zero-order valence-corrected chi connectivity index (χ0v) is 10.9. The lowest BCUT2D eigenvalue weighted by Gasteiger charge is -2.15. The van der Waals surface area contributed by atoms with Crippen molar-refractivity contribution in [3.8, 4) is 0 Å². The number of carbonyl (C=O) groups excluding carboxylic acids is 1. The molecule has 17 heavy (non-hydrogen) atoms. The molecule has 94 valence electrons. The van der Waals surface area contributed by atoms with Crippen LogP contribution in [0.3, 0.4) is 0 Å². The van der Waals surface area contributed by atoms with Gasteiger partial charge in [-0.25, -0.2) is 0 Å². The van der Waals surface area contributed by atoms with E-state index in [1.807, 2.05) is 11.4 Å². The SMILES string of the molecule is CN(CCNCc1cc(C(N)=O)cs1)C1CC1. The average molecular weight is 253 g/mol. The van der Waals surface area contributed by atoms with Crippen LogP contribution in [0.4, 0.5) is 0 Å². The van der Waals surface area contributed by atoms with Crippen LogP contribution in [0.2, 0.25) is 0 Å². The van der Waals surface area contributed by atoms with Crippen LogP contribution in [0.1, 0.15) is 28.1 Å². The number of amides is 1. The van der Waals surface area contributed by atoms with Gasteiger partial charge in [0.2, 0.25) is 5.91 Å². The van der Waals surface area contributed by atoms with Gasteiger partial charge in [0.25, 0.3) is 0 Å². The molecule has 0 saturated heterocycles. The van der Waals surface area contributed by atoms with Crippen LogP contribution in [-0.4, -0.2) is 37.0 Å². The van der Waals surface area contributed by atoms with Crippen LogP contribution in [-0.2, 0) is 6.54 Å². The molecule has 0 unspecified atom stereocenters. The lowest BCUT2D eigenvalue weighted by Crippen LogP contribution is -2.30. The molecule has 2 rings (SSSR count). The lowest BCUT2D eigenvalue weighted by molar-refractivity contribution is 0.100. The molecule has 0 aromatic carbocycles. The van der Waals surface area contributed by atoms with Crippen LogP contribution in [0.15, 0.2) is 11.4 Å². The van der Waals surface area contributed by atoms with E-state index in [-0.39, 0.29) is 5.91 Å². The van der Waals surface area contributed by atoms with E-state index in [0.29, 0.717) is 5.56 Å². The van der Waals surface area contributed by atoms with Crippen molar-refractivity contribution in [2.45, 2.75) is 25.4 Å². The van der Waals surface area contributed by atoms with E-state index in [4.69, 9.17) is 5.73 Å². The predicted octanol–water partition coefficient (Wildman–Crippen LogP) is 1.03. The first-order valence-electron chi connectivity index (χ1n) is 5.95. The summed E-state index contributed by atoms with van der Waals surface area (Å²) in [6, 6.07) is 2.69. The van der Waals surface area contributed by atoms with Gasteiger partial charge in [-0.2, -0.15) is 0 Å². The van der Waals surface area contributed by atoms with Crippen LogP contribution >= 0.6 is 11.3 Å². The summed E-state index contributed by atoms with van der Waals surface area (Å²) in [4.78, 5) is 14.5. The first-order valence-corrected chi connectivity index (χ1v) is 6.83. The molecule has 0 aliphatic heterocycles. The molecule has 0 bridgehead atoms. The maximum Gasteiger partial charge on any atom is 0.249 e. The molecule has 0 atom stereocenters. The first-order chi connectivity index (χ1) is 8.16. The highest BCUT2D eigenvalue weighted by Gasteiger charge is 2.25. The third kappa shape index (κ3) is 3.80. The standard InChI is InChI=1S/C12H19N3OS/c1-15(10-2-3-10)5-4-14-7-11-6-9(8-17-11)12(13)16/h6,8,10,14H,2-5,7H2,1H3,(H2,13,16). The van der Waals surface area contributed by atoms with Crippen molar-refractivity contribution in [2.75, 3.05) is 20.1 Å². The molecular weight excluding hydrogens is 234 g/mol. The molecule has 1 heterocycles. The molecule has 1 saturated carbocycles. The van der Waals surface area contributed by atoms with E-state index in [1.54, 1.807) is 11.3 Å². The van der Waals surface area contributed by atoms with Crippen LogP contribution < -0.4 is 11.1 Å². The monoisotopic (exact) mass is 253 g/mol. The van der Waals surface area contributed by atoms with Gasteiger partial charge >= 0.3 is 0 Å². The zero-order valence-electron chi connectivity index (χ0n) is 10.1. The van der Waals surface area contributed by atoms with E-state index in [9.17, 15) is 4.79 Å². The highest BCUT2D eigenvalue weighted by molar-refractivity contribution is 7.10. The molecule has 4 nitrogen and oxygen atoms in total. The van der Waals surface area contributed by atoms with E-state index in [2.05, 4.69) is 17.3 Å². The van der Waals surface area contributed by atoms with Gasteiger partial charge in [0.1, 0.15) is 0 Å². The fraction of sp³-hybridized carbons (Fsp3) is 0.583. The minimum absolute atomic E-state index is 0.346. The molecule has 5 heteroatoms. The van der Waals surface area contributed by atoms with Gasteiger partial charge in [-0.15, -0.1) is 11.3 Å². The van der Waals surface area contributed by atoms with Crippen LogP contribution in [0.5, 0.6) is 0 Å². The van der Waals surface area contributed by atoms with Crippen molar-refractivity contribution in [3.63, 3.8) is 0 Å². The van der Waals surface area contributed by atoms with Gasteiger partial charge in [-0.05, 0) is 26.0 Å². The van der Waals surface area contributed by atoms with Crippen molar-refractivity contribution in [1.29, 1.82) is 0 Å². The summed E-state index contributed by atoms with van der Waals surface area (Å²) in [7, 11) is 2.18. The zero-order chi connectivity index (χ0) is 12.3. The van der Waals surface area contributed by atoms with Crippen LogP contribution in [0, 0.1) is 0 Å². The smallest absolute Gasteiger partial charge is 0.249 e. The Morgan fingerprint density at radius 3 is 3.00 bits per heavy atom. The number of primary amides is 1. The topological polar surface area (TPSA) is 58.4 Å². The van der Waals surface area contributed by atoms with Crippen molar-refractivity contribution < 1.29 is 4.79 Å². The normalized spacial score (nSPS) is 15.4. The van der Waals surface area contributed by atoms with Gasteiger partial charge in [0, 0.05) is 35.9 Å². The highest BCUT2D eigenvalue weighted by atomic mass is 32.1. The number of nitrogens with one attached hydrogen (secondary N) is 1. The van der Waals surface area contributed by atoms with Gasteiger partial charge in [-0.1, -0.05) is 0 Å². The van der Waals surface area contributed by atoms with Gasteiger partial charge < -0.3 is 16.0 Å². The van der Waals surface area contributed by atoms with E-state index < -0.39 is 0 Å². The number of likely N-dealkylation sites (N-methyl/N-ethyl adjacent to an activating group) is 1. The second-order valence-corrected chi connectivity index (χ2v) is 5.55. The Balaban J connectivity index is 1.65. The fourth-order valence-corrected chi connectivity index (χ4v) is 2.61. The van der Waals surface area contributed by atoms with Crippen molar-refractivity contribution >= 4 is 17.2 Å². The molecule has 0 spiro atoms. The summed E-state index contributed by atoms with van der Waals surface area (Å²) in [6.45, 7) is 2.88. The number of rotatable bonds is 7. The number of nitrogens with two attached hydrogens (primary N) is 1. The molecule has 1 aliphatic rings. The summed E-state index contributed by atoms with van der Waals surface area (Å²) in [6.07, 6.45) is 2.70. The molecule has 1 aliphatic carbocycles. The van der Waals surface area contributed by atoms with Crippen molar-refractivity contribution in [2.24, 2.45) is 5.73 Å². The number of carbonyl (C=O) groups is 1. The molecule has 1 aromatic rings. The van der Waals surface area contributed by atoms with Crippen molar-refractivity contribution in [1.82, 2.24) is 10.2 Å². The summed E-state index contributed by atoms with van der Waals surface area (Å²) < 4.78 is 0. The molecule has 1 fully saturated rings. The number of thiophene rings is 1. The quantitative estimate of drug-likeness (QED) is 0.714. The molecule has 1 aromatic heterocycles. The van der Waals surface area contributed by atoms with E-state index in [1.165, 1.54) is 12.8 Å². The lowest BCUT2D eigenvalue weighted by atomic mass is 10.3. The Morgan fingerprint density at radius 2 is 2.41 bits per heavy atom. The minimum atomic E-state index is -0.346. The minimum Gasteiger partial charge on any atom is -0.366 e. The number of hydrogen-bond donors (Lipinski definition) is 2. The maximum absolute atomic E-state index is 10.9. The van der Waals surface area contributed by atoms with E-state index in [0.717, 1.165) is 30.6 Å². The van der Waals surface area contributed by atoms with Gasteiger partial charge in [0.05, 0.1) is 5.56 Å². The van der Waals surface area contributed by atoms with Gasteiger partial charge in [-0.3, -0.25) is 4.79 Å². The Bertz CT molecular complexity index is 387. The maximum atomic E-state index is 10.9. The summed E-state index contributed by atoms with van der Waals surface area (Å²) in [5.41, 5.74) is 5.82. The molecule has 0 radical (unpaired) electrons. The fourth-order valence-electron chi connectivity index (χ4n) is 1.77. The third-order valence-electron chi connectivity index (χ3n) is 3.05. The summed E-state index contributed by atoms with van der Waals surface area (Å²) in [5, 5.41) is 5.20. The van der Waals surface area contributed by atoms with Gasteiger partial charge in [0.15, 0.2) is 0 Å². The Hall–Kier alpha value is -0.910. The largest absolute Gasteiger partial charge is 0.366 e. The number of hydrogen-bond acceptors (Lipinski definition) is 4.